The molecule has 0 bridgehead atoms. The fourth-order valence-corrected chi connectivity index (χ4v) is 4.27. The number of nitrogens with zero attached hydrogens (tertiary/aromatic N) is 2. The van der Waals surface area contributed by atoms with Crippen LogP contribution in [0.1, 0.15) is 5.56 Å². The SMILES string of the molecule is O=S(=O)(NCc1cccnc1-c1ccncc1)c1cccc2ccccc12. The molecular formula is C21H17N3O2S. The number of sulfonamides is 1. The summed E-state index contributed by atoms with van der Waals surface area (Å²) in [6.45, 7) is 0.150. The number of hydrogen-bond acceptors (Lipinski definition) is 4. The van der Waals surface area contributed by atoms with Gasteiger partial charge in [-0.05, 0) is 35.2 Å². The van der Waals surface area contributed by atoms with Crippen molar-refractivity contribution in [3.63, 3.8) is 0 Å². The Morgan fingerprint density at radius 2 is 1.59 bits per heavy atom. The van der Waals surface area contributed by atoms with Crippen LogP contribution in [-0.4, -0.2) is 18.4 Å². The second-order valence-electron chi connectivity index (χ2n) is 6.05. The van der Waals surface area contributed by atoms with Crippen LogP contribution in [-0.2, 0) is 16.6 Å². The number of aromatic nitrogens is 2. The molecular weight excluding hydrogens is 358 g/mol. The van der Waals surface area contributed by atoms with Crippen LogP contribution in [0.4, 0.5) is 0 Å². The van der Waals surface area contributed by atoms with Crippen molar-refractivity contribution in [1.29, 1.82) is 0 Å². The van der Waals surface area contributed by atoms with Crippen LogP contribution < -0.4 is 4.72 Å². The summed E-state index contributed by atoms with van der Waals surface area (Å²) < 4.78 is 28.6. The summed E-state index contributed by atoms with van der Waals surface area (Å²) in [5.74, 6) is 0. The Labute approximate surface area is 157 Å². The average Bonchev–Trinajstić information content (AvgIpc) is 2.73. The van der Waals surface area contributed by atoms with Gasteiger partial charge < -0.3 is 0 Å². The van der Waals surface area contributed by atoms with Crippen LogP contribution in [0.2, 0.25) is 0 Å². The van der Waals surface area contributed by atoms with Gasteiger partial charge in [0.1, 0.15) is 0 Å². The molecule has 6 heteroatoms. The molecule has 4 rings (SSSR count). The molecule has 2 heterocycles. The van der Waals surface area contributed by atoms with Gasteiger partial charge in [0, 0.05) is 36.1 Å². The van der Waals surface area contributed by atoms with Crippen molar-refractivity contribution in [3.05, 3.63) is 90.9 Å². The fourth-order valence-electron chi connectivity index (χ4n) is 3.03. The molecule has 0 unspecified atom stereocenters. The third kappa shape index (κ3) is 3.58. The van der Waals surface area contributed by atoms with Crippen molar-refractivity contribution in [2.24, 2.45) is 0 Å². The first-order valence-corrected chi connectivity index (χ1v) is 9.95. The fraction of sp³-hybridized carbons (Fsp3) is 0.0476. The number of nitrogens with one attached hydrogen (secondary N) is 1. The van der Waals surface area contributed by atoms with Gasteiger partial charge in [-0.1, -0.05) is 42.5 Å². The standard InChI is InChI=1S/C21H17N3O2S/c25-27(26,20-9-3-6-16-5-1-2-8-19(16)20)24-15-18-7-4-12-23-21(18)17-10-13-22-14-11-17/h1-14,24H,15H2. The summed E-state index contributed by atoms with van der Waals surface area (Å²) >= 11 is 0. The van der Waals surface area contributed by atoms with E-state index >= 15 is 0 Å². The lowest BCUT2D eigenvalue weighted by Crippen LogP contribution is -2.24. The normalized spacial score (nSPS) is 11.6. The number of hydrogen-bond donors (Lipinski definition) is 1. The first kappa shape index (κ1) is 17.3. The second-order valence-corrected chi connectivity index (χ2v) is 7.78. The van der Waals surface area contributed by atoms with E-state index in [1.807, 2.05) is 48.5 Å². The smallest absolute Gasteiger partial charge is 0.241 e. The molecule has 0 saturated heterocycles. The minimum absolute atomic E-state index is 0.150. The van der Waals surface area contributed by atoms with Gasteiger partial charge in [-0.25, -0.2) is 13.1 Å². The minimum Gasteiger partial charge on any atom is -0.265 e. The Bertz CT molecular complexity index is 1190. The Kier molecular flexibility index (Phi) is 4.66. The van der Waals surface area contributed by atoms with Crippen molar-refractivity contribution in [2.45, 2.75) is 11.4 Å². The highest BCUT2D eigenvalue weighted by atomic mass is 32.2. The van der Waals surface area contributed by atoms with Gasteiger partial charge in [0.2, 0.25) is 10.0 Å². The predicted octanol–water partition coefficient (Wildman–Crippen LogP) is 3.78. The molecule has 0 amide bonds. The zero-order valence-electron chi connectivity index (χ0n) is 14.4. The zero-order valence-corrected chi connectivity index (χ0v) is 15.2. The summed E-state index contributed by atoms with van der Waals surface area (Å²) in [4.78, 5) is 8.70. The van der Waals surface area contributed by atoms with Crippen LogP contribution in [0.15, 0.2) is 90.2 Å². The van der Waals surface area contributed by atoms with Gasteiger partial charge in [-0.15, -0.1) is 0 Å². The molecule has 5 nitrogen and oxygen atoms in total. The minimum atomic E-state index is -3.67. The van der Waals surface area contributed by atoms with Crippen LogP contribution >= 0.6 is 0 Å². The maximum absolute atomic E-state index is 12.9. The molecule has 2 aromatic carbocycles. The topological polar surface area (TPSA) is 72.0 Å². The number of benzene rings is 2. The van der Waals surface area contributed by atoms with E-state index in [2.05, 4.69) is 14.7 Å². The Hall–Kier alpha value is -3.09. The third-order valence-electron chi connectivity index (χ3n) is 4.34. The quantitative estimate of drug-likeness (QED) is 0.576. The Balaban J connectivity index is 1.66. The van der Waals surface area contributed by atoms with Gasteiger partial charge in [-0.2, -0.15) is 0 Å². The molecule has 0 spiro atoms. The molecule has 0 saturated carbocycles. The van der Waals surface area contributed by atoms with E-state index in [0.717, 1.165) is 22.2 Å². The van der Waals surface area contributed by atoms with E-state index in [9.17, 15) is 8.42 Å². The molecule has 27 heavy (non-hydrogen) atoms. The summed E-state index contributed by atoms with van der Waals surface area (Å²) in [5.41, 5.74) is 2.43. The second kappa shape index (κ2) is 7.26. The van der Waals surface area contributed by atoms with Crippen molar-refractivity contribution >= 4 is 20.8 Å². The first-order valence-electron chi connectivity index (χ1n) is 8.47. The average molecular weight is 375 g/mol. The van der Waals surface area contributed by atoms with E-state index in [0.29, 0.717) is 5.39 Å². The summed E-state index contributed by atoms with van der Waals surface area (Å²) in [5, 5.41) is 1.59. The summed E-state index contributed by atoms with van der Waals surface area (Å²) in [6, 6.07) is 20.1. The zero-order chi connectivity index (χ0) is 18.7. The lowest BCUT2D eigenvalue weighted by Gasteiger charge is -2.12. The highest BCUT2D eigenvalue weighted by molar-refractivity contribution is 7.89. The van der Waals surface area contributed by atoms with E-state index in [1.54, 1.807) is 36.8 Å². The van der Waals surface area contributed by atoms with Gasteiger partial charge in [0.25, 0.3) is 0 Å². The van der Waals surface area contributed by atoms with Crippen LogP contribution in [0.5, 0.6) is 0 Å². The van der Waals surface area contributed by atoms with Gasteiger partial charge in [0.15, 0.2) is 0 Å². The molecule has 0 aliphatic carbocycles. The highest BCUT2D eigenvalue weighted by Crippen LogP contribution is 2.24. The van der Waals surface area contributed by atoms with E-state index in [1.165, 1.54) is 0 Å². The number of pyridine rings is 2. The summed E-state index contributed by atoms with van der Waals surface area (Å²) in [6.07, 6.45) is 5.07. The molecule has 0 aliphatic rings. The third-order valence-corrected chi connectivity index (χ3v) is 5.80. The predicted molar refractivity (Wildman–Crippen MR) is 105 cm³/mol. The molecule has 0 radical (unpaired) electrons. The van der Waals surface area contributed by atoms with E-state index in [-0.39, 0.29) is 11.4 Å². The van der Waals surface area contributed by atoms with Crippen LogP contribution in [0, 0.1) is 0 Å². The maximum Gasteiger partial charge on any atom is 0.241 e. The van der Waals surface area contributed by atoms with Crippen LogP contribution in [0.3, 0.4) is 0 Å². The van der Waals surface area contributed by atoms with Crippen LogP contribution in [0.25, 0.3) is 22.0 Å². The van der Waals surface area contributed by atoms with Gasteiger partial charge >= 0.3 is 0 Å². The largest absolute Gasteiger partial charge is 0.265 e. The molecule has 2 aromatic heterocycles. The molecule has 0 fully saturated rings. The van der Waals surface area contributed by atoms with Gasteiger partial charge in [0.05, 0.1) is 10.6 Å². The van der Waals surface area contributed by atoms with E-state index in [4.69, 9.17) is 0 Å². The molecule has 0 atom stereocenters. The number of rotatable bonds is 5. The molecule has 134 valence electrons. The Morgan fingerprint density at radius 1 is 0.815 bits per heavy atom. The van der Waals surface area contributed by atoms with Gasteiger partial charge in [-0.3, -0.25) is 9.97 Å². The monoisotopic (exact) mass is 375 g/mol. The molecule has 4 aromatic rings. The van der Waals surface area contributed by atoms with Crippen molar-refractivity contribution in [1.82, 2.24) is 14.7 Å². The Morgan fingerprint density at radius 3 is 2.44 bits per heavy atom. The highest BCUT2D eigenvalue weighted by Gasteiger charge is 2.18. The van der Waals surface area contributed by atoms with Crippen molar-refractivity contribution in [3.8, 4) is 11.3 Å². The van der Waals surface area contributed by atoms with Crippen molar-refractivity contribution < 1.29 is 8.42 Å². The molecule has 1 N–H and O–H groups in total. The lowest BCUT2D eigenvalue weighted by molar-refractivity contribution is 0.582. The lowest BCUT2D eigenvalue weighted by atomic mass is 10.1. The summed E-state index contributed by atoms with van der Waals surface area (Å²) in [7, 11) is -3.67. The number of fused-ring (bicyclic) bond motifs is 1. The van der Waals surface area contributed by atoms with Crippen molar-refractivity contribution in [2.75, 3.05) is 0 Å². The van der Waals surface area contributed by atoms with E-state index < -0.39 is 10.0 Å². The first-order chi connectivity index (χ1) is 13.1. The maximum atomic E-state index is 12.9. The molecule has 0 aliphatic heterocycles.